The van der Waals surface area contributed by atoms with Crippen LogP contribution in [-0.2, 0) is 0 Å². The summed E-state index contributed by atoms with van der Waals surface area (Å²) in [7, 11) is 0. The summed E-state index contributed by atoms with van der Waals surface area (Å²) in [6.07, 6.45) is 0. The average Bonchev–Trinajstić information content (AvgIpc) is 2.39. The van der Waals surface area contributed by atoms with Gasteiger partial charge >= 0.3 is 0 Å². The third kappa shape index (κ3) is 0.956. The SMILES string of the molecule is Fc1ccc2[nH]c(Cl)nc2c1F. The number of imidazole rings is 1. The van der Waals surface area contributed by atoms with Crippen molar-refractivity contribution in [3.63, 3.8) is 0 Å². The first-order chi connectivity index (χ1) is 5.68. The Morgan fingerprint density at radius 1 is 1.33 bits per heavy atom. The molecule has 1 aromatic heterocycles. The Bertz CT molecular complexity index is 438. The average molecular weight is 189 g/mol. The van der Waals surface area contributed by atoms with Gasteiger partial charge in [-0.3, -0.25) is 0 Å². The smallest absolute Gasteiger partial charge is 0.201 e. The number of hydrogen-bond acceptors (Lipinski definition) is 1. The molecule has 1 N–H and O–H groups in total. The summed E-state index contributed by atoms with van der Waals surface area (Å²) in [4.78, 5) is 6.14. The lowest BCUT2D eigenvalue weighted by Gasteiger charge is -1.90. The lowest BCUT2D eigenvalue weighted by molar-refractivity contribution is 0.515. The summed E-state index contributed by atoms with van der Waals surface area (Å²) < 4.78 is 25.5. The number of aromatic nitrogens is 2. The number of fused-ring (bicyclic) bond motifs is 1. The Labute approximate surface area is 71.2 Å². The molecule has 0 aliphatic rings. The summed E-state index contributed by atoms with van der Waals surface area (Å²) in [5, 5.41) is 0.0505. The fraction of sp³-hybridized carbons (Fsp3) is 0. The molecular weight excluding hydrogens is 186 g/mol. The van der Waals surface area contributed by atoms with Crippen LogP contribution < -0.4 is 0 Å². The largest absolute Gasteiger partial charge is 0.328 e. The van der Waals surface area contributed by atoms with Crippen molar-refractivity contribution in [2.24, 2.45) is 0 Å². The van der Waals surface area contributed by atoms with Crippen LogP contribution in [0.2, 0.25) is 5.28 Å². The van der Waals surface area contributed by atoms with E-state index in [9.17, 15) is 8.78 Å². The van der Waals surface area contributed by atoms with Gasteiger partial charge in [-0.25, -0.2) is 13.8 Å². The third-order valence-electron chi connectivity index (χ3n) is 1.52. The van der Waals surface area contributed by atoms with Gasteiger partial charge in [0, 0.05) is 0 Å². The highest BCUT2D eigenvalue weighted by molar-refractivity contribution is 6.29. The quantitative estimate of drug-likeness (QED) is 0.676. The molecule has 1 aromatic carbocycles. The summed E-state index contributed by atoms with van der Waals surface area (Å²) in [5.41, 5.74) is 0.318. The van der Waals surface area contributed by atoms with Gasteiger partial charge in [-0.1, -0.05) is 0 Å². The van der Waals surface area contributed by atoms with Gasteiger partial charge in [0.25, 0.3) is 0 Å². The van der Waals surface area contributed by atoms with Crippen LogP contribution in [0.25, 0.3) is 11.0 Å². The summed E-state index contributed by atoms with van der Waals surface area (Å²) in [5.74, 6) is -1.90. The van der Waals surface area contributed by atoms with Gasteiger partial charge < -0.3 is 4.98 Å². The highest BCUT2D eigenvalue weighted by Gasteiger charge is 2.10. The molecule has 0 atom stereocenters. The number of nitrogens with one attached hydrogen (secondary N) is 1. The molecule has 62 valence electrons. The van der Waals surface area contributed by atoms with Gasteiger partial charge in [-0.15, -0.1) is 0 Å². The Morgan fingerprint density at radius 3 is 2.83 bits per heavy atom. The first-order valence-electron chi connectivity index (χ1n) is 3.17. The van der Waals surface area contributed by atoms with Crippen molar-refractivity contribution in [1.82, 2.24) is 9.97 Å². The number of benzene rings is 1. The number of rotatable bonds is 0. The summed E-state index contributed by atoms with van der Waals surface area (Å²) in [6.45, 7) is 0. The lowest BCUT2D eigenvalue weighted by atomic mass is 10.3. The van der Waals surface area contributed by atoms with Gasteiger partial charge in [0.2, 0.25) is 5.28 Å². The zero-order valence-electron chi connectivity index (χ0n) is 5.74. The standard InChI is InChI=1S/C7H3ClF2N2/c8-7-11-4-2-1-3(9)5(10)6(4)12-7/h1-2H,(H,11,12). The lowest BCUT2D eigenvalue weighted by Crippen LogP contribution is -1.84. The van der Waals surface area contributed by atoms with Crippen LogP contribution in [0, 0.1) is 11.6 Å². The van der Waals surface area contributed by atoms with Crippen molar-refractivity contribution in [2.45, 2.75) is 0 Å². The molecule has 0 spiro atoms. The van der Waals surface area contributed by atoms with E-state index in [1.165, 1.54) is 6.07 Å². The van der Waals surface area contributed by atoms with Gasteiger partial charge in [-0.05, 0) is 23.7 Å². The molecule has 0 bridgehead atoms. The third-order valence-corrected chi connectivity index (χ3v) is 1.70. The Kier molecular flexibility index (Phi) is 1.51. The molecule has 2 rings (SSSR count). The van der Waals surface area contributed by atoms with Gasteiger partial charge in [0.15, 0.2) is 11.6 Å². The number of H-pyrrole nitrogens is 1. The molecule has 0 saturated carbocycles. The minimum atomic E-state index is -0.976. The Hall–Kier alpha value is -1.16. The molecule has 0 amide bonds. The molecule has 5 heteroatoms. The first-order valence-corrected chi connectivity index (χ1v) is 3.55. The van der Waals surface area contributed by atoms with E-state index in [4.69, 9.17) is 11.6 Å². The minimum Gasteiger partial charge on any atom is -0.328 e. The maximum atomic E-state index is 12.9. The van der Waals surface area contributed by atoms with E-state index in [1.807, 2.05) is 0 Å². The zero-order valence-corrected chi connectivity index (χ0v) is 6.49. The molecule has 2 aromatic rings. The Morgan fingerprint density at radius 2 is 2.08 bits per heavy atom. The first kappa shape index (κ1) is 7.49. The van der Waals surface area contributed by atoms with Crippen molar-refractivity contribution in [3.8, 4) is 0 Å². The predicted octanol–water partition coefficient (Wildman–Crippen LogP) is 2.49. The highest BCUT2D eigenvalue weighted by Crippen LogP contribution is 2.19. The number of halogens is 3. The monoisotopic (exact) mass is 188 g/mol. The number of hydrogen-bond donors (Lipinski definition) is 1. The van der Waals surface area contributed by atoms with Gasteiger partial charge in [0.05, 0.1) is 5.52 Å². The fourth-order valence-corrected chi connectivity index (χ4v) is 1.17. The summed E-state index contributed by atoms with van der Waals surface area (Å²) in [6, 6.07) is 2.40. The summed E-state index contributed by atoms with van der Waals surface area (Å²) >= 11 is 5.45. The minimum absolute atomic E-state index is 0.0505. The molecule has 0 aliphatic heterocycles. The van der Waals surface area contributed by atoms with Crippen LogP contribution in [-0.4, -0.2) is 9.97 Å². The molecule has 2 nitrogen and oxygen atoms in total. The van der Waals surface area contributed by atoms with E-state index in [0.717, 1.165) is 6.07 Å². The van der Waals surface area contributed by atoms with E-state index in [2.05, 4.69) is 9.97 Å². The second-order valence-corrected chi connectivity index (χ2v) is 2.64. The van der Waals surface area contributed by atoms with E-state index in [0.29, 0.717) is 5.52 Å². The van der Waals surface area contributed by atoms with Crippen LogP contribution >= 0.6 is 11.6 Å². The van der Waals surface area contributed by atoms with Crippen LogP contribution in [0.4, 0.5) is 8.78 Å². The van der Waals surface area contributed by atoms with E-state index >= 15 is 0 Å². The molecule has 0 radical (unpaired) electrons. The zero-order chi connectivity index (χ0) is 8.72. The molecule has 1 heterocycles. The van der Waals surface area contributed by atoms with Crippen molar-refractivity contribution < 1.29 is 8.78 Å². The Balaban J connectivity index is 2.89. The maximum Gasteiger partial charge on any atom is 0.201 e. The second-order valence-electron chi connectivity index (χ2n) is 2.29. The van der Waals surface area contributed by atoms with Crippen LogP contribution in [0.5, 0.6) is 0 Å². The van der Waals surface area contributed by atoms with Crippen LogP contribution in [0.15, 0.2) is 12.1 Å². The maximum absolute atomic E-state index is 12.9. The van der Waals surface area contributed by atoms with Crippen molar-refractivity contribution in [1.29, 1.82) is 0 Å². The van der Waals surface area contributed by atoms with Crippen LogP contribution in [0.1, 0.15) is 0 Å². The number of aromatic amines is 1. The van der Waals surface area contributed by atoms with Crippen molar-refractivity contribution in [3.05, 3.63) is 29.1 Å². The normalized spacial score (nSPS) is 10.9. The van der Waals surface area contributed by atoms with E-state index < -0.39 is 11.6 Å². The molecule has 0 saturated heterocycles. The van der Waals surface area contributed by atoms with E-state index in [-0.39, 0.29) is 10.8 Å². The molecule has 0 unspecified atom stereocenters. The molecule has 0 fully saturated rings. The fourth-order valence-electron chi connectivity index (χ4n) is 0.987. The van der Waals surface area contributed by atoms with Gasteiger partial charge in [0.1, 0.15) is 5.52 Å². The molecule has 0 aliphatic carbocycles. The highest BCUT2D eigenvalue weighted by atomic mass is 35.5. The number of nitrogens with zero attached hydrogens (tertiary/aromatic N) is 1. The van der Waals surface area contributed by atoms with E-state index in [1.54, 1.807) is 0 Å². The second kappa shape index (κ2) is 2.42. The molecular formula is C7H3ClF2N2. The van der Waals surface area contributed by atoms with Crippen LogP contribution in [0.3, 0.4) is 0 Å². The van der Waals surface area contributed by atoms with Crippen molar-refractivity contribution >= 4 is 22.6 Å². The topological polar surface area (TPSA) is 28.7 Å². The van der Waals surface area contributed by atoms with Gasteiger partial charge in [-0.2, -0.15) is 0 Å². The predicted molar refractivity (Wildman–Crippen MR) is 41.0 cm³/mol. The molecule has 12 heavy (non-hydrogen) atoms. The van der Waals surface area contributed by atoms with Crippen molar-refractivity contribution in [2.75, 3.05) is 0 Å².